The molecule has 0 spiro atoms. The van der Waals surface area contributed by atoms with Gasteiger partial charge in [-0.3, -0.25) is 9.59 Å². The maximum absolute atomic E-state index is 13.2. The number of methoxy groups -OCH3 is 2. The van der Waals surface area contributed by atoms with Gasteiger partial charge in [-0.2, -0.15) is 0 Å². The lowest BCUT2D eigenvalue weighted by Gasteiger charge is -2.17. The average molecular weight is 493 g/mol. The van der Waals surface area contributed by atoms with Gasteiger partial charge in [0.2, 0.25) is 0 Å². The number of hydrogen-bond donors (Lipinski definition) is 1. The molecule has 0 aromatic heterocycles. The third kappa shape index (κ3) is 4.76. The van der Waals surface area contributed by atoms with E-state index in [-0.39, 0.29) is 22.9 Å². The topological polar surface area (TPSA) is 102 Å². The number of hydrogen-bond acceptors (Lipinski definition) is 6. The molecule has 4 rings (SSSR count). The van der Waals surface area contributed by atoms with Gasteiger partial charge in [-0.05, 0) is 78.7 Å². The van der Waals surface area contributed by atoms with Gasteiger partial charge in [-0.25, -0.2) is 12.7 Å². The fourth-order valence-electron chi connectivity index (χ4n) is 3.77. The van der Waals surface area contributed by atoms with Crippen molar-refractivity contribution >= 4 is 32.4 Å². The molecule has 180 valence electrons. The van der Waals surface area contributed by atoms with Crippen molar-refractivity contribution in [2.45, 2.75) is 13.5 Å². The van der Waals surface area contributed by atoms with Gasteiger partial charge in [-0.1, -0.05) is 12.1 Å². The summed E-state index contributed by atoms with van der Waals surface area (Å²) in [5.74, 6) is 0.378. The number of anilines is 1. The largest absolute Gasteiger partial charge is 0.497 e. The molecule has 9 heteroatoms. The summed E-state index contributed by atoms with van der Waals surface area (Å²) in [6, 6.07) is 19.9. The molecular weight excluding hydrogens is 468 g/mol. The van der Waals surface area contributed by atoms with E-state index >= 15 is 0 Å². The third-order valence-corrected chi connectivity index (χ3v) is 7.61. The van der Waals surface area contributed by atoms with Crippen molar-refractivity contribution in [3.05, 3.63) is 95.1 Å². The summed E-state index contributed by atoms with van der Waals surface area (Å²) >= 11 is 0. The van der Waals surface area contributed by atoms with Crippen LogP contribution in [0.4, 0.5) is 5.69 Å². The highest BCUT2D eigenvalue weighted by molar-refractivity contribution is 7.99. The van der Waals surface area contributed by atoms with Crippen LogP contribution in [0.15, 0.2) is 78.4 Å². The molecular formula is C26H24N2O6S. The molecule has 3 aromatic rings. The molecule has 1 aliphatic rings. The summed E-state index contributed by atoms with van der Waals surface area (Å²) in [6.45, 7) is 1.37. The summed E-state index contributed by atoms with van der Waals surface area (Å²) in [5.41, 5.74) is 2.16. The standard InChI is InChI=1S/C26H24N2O6S/c1-17-24(19-8-12-22(33-2)13-9-19)35(31,32)28(26(17)30)16-18-4-6-20(7-5-18)25(29)27-21-10-14-23(34-3)15-11-21/h4-15H,16H2,1-3H3,(H,27,29). The van der Waals surface area contributed by atoms with Crippen LogP contribution < -0.4 is 14.8 Å². The minimum atomic E-state index is -4.04. The number of carbonyl (C=O) groups excluding carboxylic acids is 2. The van der Waals surface area contributed by atoms with Gasteiger partial charge in [0.05, 0.1) is 20.8 Å². The van der Waals surface area contributed by atoms with E-state index < -0.39 is 15.9 Å². The van der Waals surface area contributed by atoms with Crippen molar-refractivity contribution in [2.75, 3.05) is 19.5 Å². The number of sulfonamides is 1. The van der Waals surface area contributed by atoms with Crippen molar-refractivity contribution in [3.8, 4) is 11.5 Å². The number of rotatable bonds is 7. The summed E-state index contributed by atoms with van der Waals surface area (Å²) in [6.07, 6.45) is 0. The Morgan fingerprint density at radius 3 is 1.94 bits per heavy atom. The van der Waals surface area contributed by atoms with Crippen molar-refractivity contribution in [3.63, 3.8) is 0 Å². The third-order valence-electron chi connectivity index (χ3n) is 5.68. The van der Waals surface area contributed by atoms with Gasteiger partial charge < -0.3 is 14.8 Å². The lowest BCUT2D eigenvalue weighted by molar-refractivity contribution is -0.122. The highest BCUT2D eigenvalue weighted by atomic mass is 32.2. The zero-order chi connectivity index (χ0) is 25.2. The Labute approximate surface area is 203 Å². The van der Waals surface area contributed by atoms with Gasteiger partial charge in [-0.15, -0.1) is 0 Å². The Morgan fingerprint density at radius 2 is 1.40 bits per heavy atom. The second kappa shape index (κ2) is 9.63. The van der Waals surface area contributed by atoms with E-state index in [0.29, 0.717) is 33.9 Å². The number of carbonyl (C=O) groups is 2. The lowest BCUT2D eigenvalue weighted by Crippen LogP contribution is -2.30. The van der Waals surface area contributed by atoms with Crippen LogP contribution in [0.25, 0.3) is 4.91 Å². The van der Waals surface area contributed by atoms with Gasteiger partial charge in [0.15, 0.2) is 0 Å². The average Bonchev–Trinajstić information content (AvgIpc) is 3.04. The first-order chi connectivity index (χ1) is 16.7. The quantitative estimate of drug-likeness (QED) is 0.534. The van der Waals surface area contributed by atoms with Crippen LogP contribution in [0, 0.1) is 0 Å². The summed E-state index contributed by atoms with van der Waals surface area (Å²) in [4.78, 5) is 25.4. The van der Waals surface area contributed by atoms with E-state index in [1.54, 1.807) is 79.9 Å². The van der Waals surface area contributed by atoms with Gasteiger partial charge in [0.1, 0.15) is 16.4 Å². The van der Waals surface area contributed by atoms with Crippen LogP contribution in [0.3, 0.4) is 0 Å². The maximum Gasteiger partial charge on any atom is 0.268 e. The van der Waals surface area contributed by atoms with E-state index in [0.717, 1.165) is 4.31 Å². The van der Waals surface area contributed by atoms with Crippen molar-refractivity contribution in [1.82, 2.24) is 4.31 Å². The first kappa shape index (κ1) is 24.0. The molecule has 1 N–H and O–H groups in total. The predicted octanol–water partition coefficient (Wildman–Crippen LogP) is 4.06. The van der Waals surface area contributed by atoms with E-state index in [9.17, 15) is 18.0 Å². The molecule has 0 radical (unpaired) electrons. The van der Waals surface area contributed by atoms with Crippen LogP contribution in [-0.4, -0.2) is 38.8 Å². The molecule has 0 fully saturated rings. The van der Waals surface area contributed by atoms with Gasteiger partial charge >= 0.3 is 0 Å². The zero-order valence-electron chi connectivity index (χ0n) is 19.4. The molecule has 0 bridgehead atoms. The fourth-order valence-corrected chi connectivity index (χ4v) is 5.57. The van der Waals surface area contributed by atoms with Crippen molar-refractivity contribution < 1.29 is 27.5 Å². The summed E-state index contributed by atoms with van der Waals surface area (Å²) in [7, 11) is -0.955. The maximum atomic E-state index is 13.2. The van der Waals surface area contributed by atoms with Gasteiger partial charge in [0.25, 0.3) is 21.8 Å². The van der Waals surface area contributed by atoms with E-state index in [2.05, 4.69) is 5.32 Å². The second-order valence-electron chi connectivity index (χ2n) is 7.88. The number of nitrogens with zero attached hydrogens (tertiary/aromatic N) is 1. The van der Waals surface area contributed by atoms with Crippen molar-refractivity contribution in [2.24, 2.45) is 0 Å². The van der Waals surface area contributed by atoms with Crippen LogP contribution >= 0.6 is 0 Å². The molecule has 0 saturated heterocycles. The summed E-state index contributed by atoms with van der Waals surface area (Å²) in [5, 5.41) is 2.79. The van der Waals surface area contributed by atoms with Crippen LogP contribution in [0.2, 0.25) is 0 Å². The zero-order valence-corrected chi connectivity index (χ0v) is 20.3. The minimum Gasteiger partial charge on any atom is -0.497 e. The lowest BCUT2D eigenvalue weighted by atomic mass is 10.1. The molecule has 35 heavy (non-hydrogen) atoms. The molecule has 3 aromatic carbocycles. The molecule has 1 heterocycles. The SMILES string of the molecule is COc1ccc(NC(=O)c2ccc(CN3C(=O)C(C)=C(c4ccc(OC)cc4)S3(=O)=O)cc2)cc1. The van der Waals surface area contributed by atoms with Crippen molar-refractivity contribution in [1.29, 1.82) is 0 Å². The number of benzene rings is 3. The number of nitrogens with one attached hydrogen (secondary N) is 1. The predicted molar refractivity (Wildman–Crippen MR) is 132 cm³/mol. The Hall–Kier alpha value is -4.11. The Kier molecular flexibility index (Phi) is 6.61. The molecule has 8 nitrogen and oxygen atoms in total. The molecule has 0 atom stereocenters. The normalized spacial score (nSPS) is 14.7. The summed E-state index contributed by atoms with van der Waals surface area (Å²) < 4.78 is 37.6. The van der Waals surface area contributed by atoms with Crippen LogP contribution in [-0.2, 0) is 21.4 Å². The first-order valence-corrected chi connectivity index (χ1v) is 12.2. The monoisotopic (exact) mass is 492 g/mol. The molecule has 0 saturated carbocycles. The van der Waals surface area contributed by atoms with E-state index in [1.165, 1.54) is 14.0 Å². The molecule has 1 aliphatic heterocycles. The fraction of sp³-hybridized carbons (Fsp3) is 0.154. The molecule has 0 unspecified atom stereocenters. The highest BCUT2D eigenvalue weighted by Gasteiger charge is 2.42. The smallest absolute Gasteiger partial charge is 0.268 e. The Morgan fingerprint density at radius 1 is 0.857 bits per heavy atom. The molecule has 0 aliphatic carbocycles. The minimum absolute atomic E-state index is 0.0133. The van der Waals surface area contributed by atoms with Crippen LogP contribution in [0.1, 0.15) is 28.4 Å². The number of ether oxygens (including phenoxy) is 2. The van der Waals surface area contributed by atoms with Crippen LogP contribution in [0.5, 0.6) is 11.5 Å². The molecule has 2 amide bonds. The van der Waals surface area contributed by atoms with Gasteiger partial charge in [0, 0.05) is 16.8 Å². The Bertz CT molecular complexity index is 1390. The highest BCUT2D eigenvalue weighted by Crippen LogP contribution is 2.37. The first-order valence-electron chi connectivity index (χ1n) is 10.7. The Balaban J connectivity index is 1.49. The second-order valence-corrected chi connectivity index (χ2v) is 9.68. The number of amides is 2. The van der Waals surface area contributed by atoms with E-state index in [4.69, 9.17) is 9.47 Å². The van der Waals surface area contributed by atoms with E-state index in [1.807, 2.05) is 0 Å².